The van der Waals surface area contributed by atoms with Gasteiger partial charge in [-0.05, 0) is 12.8 Å². The van der Waals surface area contributed by atoms with Crippen LogP contribution < -0.4 is 0 Å². The molecule has 3 rings (SSSR count). The number of nitrogens with zero attached hydrogens (tertiary/aromatic N) is 4. The van der Waals surface area contributed by atoms with Crippen LogP contribution in [0.15, 0.2) is 37.4 Å². The zero-order valence-corrected chi connectivity index (χ0v) is 13.7. The lowest BCUT2D eigenvalue weighted by Crippen LogP contribution is -2.37. The van der Waals surface area contributed by atoms with Gasteiger partial charge in [0, 0.05) is 24.8 Å². The van der Waals surface area contributed by atoms with Gasteiger partial charge in [-0.25, -0.2) is 28.7 Å². The van der Waals surface area contributed by atoms with Crippen LogP contribution >= 0.6 is 0 Å². The van der Waals surface area contributed by atoms with Crippen molar-refractivity contribution in [3.63, 3.8) is 0 Å². The van der Waals surface area contributed by atoms with Crippen molar-refractivity contribution in [3.8, 4) is 0 Å². The molecular weight excluding hydrogens is 344 g/mol. The molecule has 2 aromatic heterocycles. The third-order valence-electron chi connectivity index (χ3n) is 4.18. The molecule has 0 bridgehead atoms. The van der Waals surface area contributed by atoms with Crippen LogP contribution in [0.25, 0.3) is 0 Å². The number of ether oxygens (including phenoxy) is 2. The highest BCUT2D eigenvalue weighted by molar-refractivity contribution is 5.92. The highest BCUT2D eigenvalue weighted by Gasteiger charge is 2.39. The van der Waals surface area contributed by atoms with Crippen molar-refractivity contribution in [1.82, 2.24) is 19.1 Å². The number of carbonyl (C=O) groups excluding carboxylic acids is 4. The topological polar surface area (TPSA) is 122 Å². The first kappa shape index (κ1) is 17.5. The van der Waals surface area contributed by atoms with Crippen molar-refractivity contribution >= 4 is 24.1 Å². The summed E-state index contributed by atoms with van der Waals surface area (Å²) in [6.45, 7) is 0. The van der Waals surface area contributed by atoms with Crippen molar-refractivity contribution in [3.05, 3.63) is 37.4 Å². The van der Waals surface area contributed by atoms with E-state index in [-0.39, 0.29) is 0 Å². The fourth-order valence-electron chi connectivity index (χ4n) is 2.86. The van der Waals surface area contributed by atoms with Gasteiger partial charge >= 0.3 is 24.1 Å². The average Bonchev–Trinajstić information content (AvgIpc) is 3.35. The summed E-state index contributed by atoms with van der Waals surface area (Å²) >= 11 is 0. The van der Waals surface area contributed by atoms with Crippen LogP contribution in [0.5, 0.6) is 0 Å². The molecule has 2 heterocycles. The lowest BCUT2D eigenvalue weighted by molar-refractivity contribution is -0.155. The Bertz CT molecular complexity index is 731. The zero-order valence-electron chi connectivity index (χ0n) is 13.7. The summed E-state index contributed by atoms with van der Waals surface area (Å²) in [7, 11) is 0. The molecule has 136 valence electrons. The summed E-state index contributed by atoms with van der Waals surface area (Å²) in [5.41, 5.74) is 0. The minimum atomic E-state index is -0.903. The smallest absolute Gasteiger partial charge is 0.375 e. The number of carbonyl (C=O) groups is 4. The van der Waals surface area contributed by atoms with E-state index in [1.54, 1.807) is 0 Å². The third kappa shape index (κ3) is 3.85. The Hall–Kier alpha value is -3.30. The molecule has 0 spiro atoms. The monoisotopic (exact) mass is 360 g/mol. The molecule has 10 heteroatoms. The van der Waals surface area contributed by atoms with E-state index in [2.05, 4.69) is 9.97 Å². The van der Waals surface area contributed by atoms with E-state index < -0.39 is 36.0 Å². The van der Waals surface area contributed by atoms with Crippen LogP contribution in [0, 0.1) is 11.8 Å². The Kier molecular flexibility index (Phi) is 5.20. The standard InChI is InChI=1S/C16H16N4O6/c21-13(25-15(23)19-7-5-17-9-19)11-3-1-2-4-12(11)14(22)26-16(24)20-8-6-18-10-20/h5-12H,1-4H2/t11-,12?/m1/s1. The highest BCUT2D eigenvalue weighted by Crippen LogP contribution is 2.32. The van der Waals surface area contributed by atoms with Crippen LogP contribution in [0.3, 0.4) is 0 Å². The first-order chi connectivity index (χ1) is 12.6. The summed E-state index contributed by atoms with van der Waals surface area (Å²) in [6.07, 6.45) is 8.17. The number of esters is 2. The van der Waals surface area contributed by atoms with Crippen molar-refractivity contribution in [2.45, 2.75) is 25.7 Å². The third-order valence-corrected chi connectivity index (χ3v) is 4.18. The van der Waals surface area contributed by atoms with Crippen molar-refractivity contribution in [2.24, 2.45) is 11.8 Å². The maximum Gasteiger partial charge on any atom is 0.427 e. The van der Waals surface area contributed by atoms with Gasteiger partial charge in [-0.15, -0.1) is 0 Å². The molecule has 0 amide bonds. The van der Waals surface area contributed by atoms with Gasteiger partial charge in [-0.2, -0.15) is 0 Å². The second-order valence-electron chi connectivity index (χ2n) is 5.81. The average molecular weight is 360 g/mol. The normalized spacial score (nSPS) is 19.5. The molecule has 1 aliphatic carbocycles. The molecule has 26 heavy (non-hydrogen) atoms. The van der Waals surface area contributed by atoms with Gasteiger partial charge in [0.25, 0.3) is 0 Å². The van der Waals surface area contributed by atoms with E-state index in [0.717, 1.165) is 9.13 Å². The molecule has 2 atom stereocenters. The summed E-state index contributed by atoms with van der Waals surface area (Å²) in [6, 6.07) is 0. The summed E-state index contributed by atoms with van der Waals surface area (Å²) in [4.78, 5) is 55.8. The number of aromatic nitrogens is 4. The van der Waals surface area contributed by atoms with E-state index in [9.17, 15) is 19.2 Å². The van der Waals surface area contributed by atoms with Crippen molar-refractivity contribution in [2.75, 3.05) is 0 Å². The number of hydrogen-bond donors (Lipinski definition) is 0. The van der Waals surface area contributed by atoms with E-state index in [4.69, 9.17) is 9.47 Å². The summed E-state index contributed by atoms with van der Waals surface area (Å²) in [5.74, 6) is -3.33. The SMILES string of the molecule is O=C(OC(=O)n1ccnc1)C1CCCC[C@H]1C(=O)OC(=O)n1ccnc1. The molecule has 0 aromatic carbocycles. The zero-order chi connectivity index (χ0) is 18.5. The fraction of sp³-hybridized carbons (Fsp3) is 0.375. The Morgan fingerprint density at radius 1 is 0.769 bits per heavy atom. The van der Waals surface area contributed by atoms with E-state index in [0.29, 0.717) is 25.7 Å². The van der Waals surface area contributed by atoms with Crippen LogP contribution in [0.2, 0.25) is 0 Å². The van der Waals surface area contributed by atoms with E-state index in [1.165, 1.54) is 37.4 Å². The molecule has 0 N–H and O–H groups in total. The van der Waals surface area contributed by atoms with Gasteiger partial charge in [0.1, 0.15) is 12.7 Å². The minimum Gasteiger partial charge on any atom is -0.375 e. The number of imidazole rings is 2. The highest BCUT2D eigenvalue weighted by atomic mass is 16.6. The quantitative estimate of drug-likeness (QED) is 0.585. The van der Waals surface area contributed by atoms with Gasteiger partial charge in [0.2, 0.25) is 0 Å². The molecule has 1 aliphatic rings. The van der Waals surface area contributed by atoms with Gasteiger partial charge < -0.3 is 9.47 Å². The van der Waals surface area contributed by atoms with Gasteiger partial charge in [-0.3, -0.25) is 9.59 Å². The second kappa shape index (κ2) is 7.72. The van der Waals surface area contributed by atoms with Crippen LogP contribution in [0.1, 0.15) is 25.7 Å². The molecule has 10 nitrogen and oxygen atoms in total. The predicted molar refractivity (Wildman–Crippen MR) is 83.7 cm³/mol. The Labute approximate surface area is 147 Å². The molecule has 1 fully saturated rings. The molecule has 0 aliphatic heterocycles. The maximum absolute atomic E-state index is 12.3. The lowest BCUT2D eigenvalue weighted by Gasteiger charge is -2.27. The molecule has 1 saturated carbocycles. The van der Waals surface area contributed by atoms with Crippen LogP contribution in [-0.4, -0.2) is 43.2 Å². The summed E-state index contributed by atoms with van der Waals surface area (Å²) < 4.78 is 11.7. The van der Waals surface area contributed by atoms with Gasteiger partial charge in [0.05, 0.1) is 11.8 Å². The molecule has 0 saturated heterocycles. The molecule has 2 aromatic rings. The first-order valence-electron chi connectivity index (χ1n) is 8.04. The first-order valence-corrected chi connectivity index (χ1v) is 8.04. The lowest BCUT2D eigenvalue weighted by atomic mass is 9.79. The van der Waals surface area contributed by atoms with Gasteiger partial charge in [0.15, 0.2) is 0 Å². The Morgan fingerprint density at radius 3 is 1.54 bits per heavy atom. The maximum atomic E-state index is 12.3. The summed E-state index contributed by atoms with van der Waals surface area (Å²) in [5, 5.41) is 0. The number of rotatable bonds is 2. The van der Waals surface area contributed by atoms with Crippen molar-refractivity contribution in [1.29, 1.82) is 0 Å². The fourth-order valence-corrected chi connectivity index (χ4v) is 2.86. The molecular formula is C16H16N4O6. The number of hydrogen-bond acceptors (Lipinski definition) is 8. The Morgan fingerprint density at radius 2 is 1.19 bits per heavy atom. The van der Waals surface area contributed by atoms with Crippen LogP contribution in [0.4, 0.5) is 9.59 Å². The predicted octanol–water partition coefficient (Wildman–Crippen LogP) is 1.61. The Balaban J connectivity index is 1.65. The largest absolute Gasteiger partial charge is 0.427 e. The van der Waals surface area contributed by atoms with Crippen molar-refractivity contribution < 1.29 is 28.7 Å². The van der Waals surface area contributed by atoms with Gasteiger partial charge in [-0.1, -0.05) is 12.8 Å². The van der Waals surface area contributed by atoms with E-state index >= 15 is 0 Å². The van der Waals surface area contributed by atoms with Crippen LogP contribution in [-0.2, 0) is 19.1 Å². The van der Waals surface area contributed by atoms with E-state index in [1.807, 2.05) is 0 Å². The molecule has 0 radical (unpaired) electrons. The molecule has 1 unspecified atom stereocenters. The second-order valence-corrected chi connectivity index (χ2v) is 5.81. The minimum absolute atomic E-state index is 0.370.